The van der Waals surface area contributed by atoms with Crippen molar-refractivity contribution in [1.82, 2.24) is 9.71 Å². The maximum atomic E-state index is 11.1. The molecule has 0 radical (unpaired) electrons. The van der Waals surface area contributed by atoms with Gasteiger partial charge in [-0.2, -0.15) is 0 Å². The molecule has 1 aliphatic rings. The molecule has 5 nitrogen and oxygen atoms in total. The number of anilines is 1. The van der Waals surface area contributed by atoms with Crippen molar-refractivity contribution >= 4 is 36.7 Å². The van der Waals surface area contributed by atoms with Crippen LogP contribution in [0, 0.1) is 5.92 Å². The lowest BCUT2D eigenvalue weighted by atomic mass is 9.97. The number of rotatable bonds is 4. The van der Waals surface area contributed by atoms with Gasteiger partial charge >= 0.3 is 0 Å². The van der Waals surface area contributed by atoms with Crippen LogP contribution in [0.3, 0.4) is 0 Å². The third kappa shape index (κ3) is 3.72. The highest BCUT2D eigenvalue weighted by Gasteiger charge is 2.22. The molecule has 0 amide bonds. The zero-order valence-corrected chi connectivity index (χ0v) is 13.6. The molecule has 0 unspecified atom stereocenters. The molecule has 0 atom stereocenters. The minimum absolute atomic E-state index is 0.422. The highest BCUT2D eigenvalue weighted by Crippen LogP contribution is 2.31. The smallest absolute Gasteiger partial charge is 0.208 e. The van der Waals surface area contributed by atoms with Crippen molar-refractivity contribution in [3.8, 4) is 0 Å². The average molecular weight is 325 g/mol. The number of aromatic nitrogens is 1. The predicted octanol–water partition coefficient (Wildman–Crippen LogP) is 2.06. The summed E-state index contributed by atoms with van der Waals surface area (Å²) in [7, 11) is -3.08. The first-order chi connectivity index (χ1) is 10.0. The van der Waals surface area contributed by atoms with Crippen LogP contribution in [0.1, 0.15) is 12.8 Å². The Hall–Kier alpha value is -1.18. The Morgan fingerprint density at radius 3 is 2.71 bits per heavy atom. The molecule has 0 spiro atoms. The van der Waals surface area contributed by atoms with E-state index in [0.29, 0.717) is 12.5 Å². The topological polar surface area (TPSA) is 62.3 Å². The highest BCUT2D eigenvalue weighted by atomic mass is 32.2. The van der Waals surface area contributed by atoms with Gasteiger partial charge in [-0.25, -0.2) is 18.1 Å². The number of hydrogen-bond donors (Lipinski definition) is 1. The van der Waals surface area contributed by atoms with Crippen molar-refractivity contribution in [2.24, 2.45) is 5.92 Å². The molecule has 1 N–H and O–H groups in total. The molecule has 1 aliphatic heterocycles. The summed E-state index contributed by atoms with van der Waals surface area (Å²) in [6.45, 7) is 2.43. The number of fused-ring (bicyclic) bond motifs is 1. The number of sulfonamides is 1. The highest BCUT2D eigenvalue weighted by molar-refractivity contribution is 7.88. The summed E-state index contributed by atoms with van der Waals surface area (Å²) in [5, 5.41) is 1.07. The summed E-state index contributed by atoms with van der Waals surface area (Å²) in [4.78, 5) is 6.99. The summed E-state index contributed by atoms with van der Waals surface area (Å²) >= 11 is 1.73. The molecular weight excluding hydrogens is 306 g/mol. The van der Waals surface area contributed by atoms with Gasteiger partial charge in [0.15, 0.2) is 5.13 Å². The van der Waals surface area contributed by atoms with Gasteiger partial charge in [-0.05, 0) is 30.9 Å². The van der Waals surface area contributed by atoms with Crippen LogP contribution in [0.2, 0.25) is 0 Å². The van der Waals surface area contributed by atoms with E-state index in [1.54, 1.807) is 11.3 Å². The Kier molecular flexibility index (Phi) is 4.14. The predicted molar refractivity (Wildman–Crippen MR) is 87.4 cm³/mol. The van der Waals surface area contributed by atoms with Gasteiger partial charge < -0.3 is 4.90 Å². The van der Waals surface area contributed by atoms with Gasteiger partial charge in [-0.15, -0.1) is 0 Å². The van der Waals surface area contributed by atoms with Gasteiger partial charge in [-0.1, -0.05) is 23.5 Å². The van der Waals surface area contributed by atoms with E-state index in [4.69, 9.17) is 0 Å². The maximum absolute atomic E-state index is 11.1. The van der Waals surface area contributed by atoms with Crippen LogP contribution in [0.4, 0.5) is 5.13 Å². The monoisotopic (exact) mass is 325 g/mol. The number of piperidine rings is 1. The Morgan fingerprint density at radius 1 is 1.33 bits per heavy atom. The van der Waals surface area contributed by atoms with Gasteiger partial charge in [0.25, 0.3) is 0 Å². The van der Waals surface area contributed by atoms with E-state index in [9.17, 15) is 8.42 Å². The zero-order chi connectivity index (χ0) is 14.9. The Bertz CT molecular complexity index is 686. The Balaban J connectivity index is 1.60. The Morgan fingerprint density at radius 2 is 2.05 bits per heavy atom. The molecule has 21 heavy (non-hydrogen) atoms. The van der Waals surface area contributed by atoms with Crippen molar-refractivity contribution in [1.29, 1.82) is 0 Å². The summed E-state index contributed by atoms with van der Waals surface area (Å²) in [5.74, 6) is 0.422. The van der Waals surface area contributed by atoms with E-state index in [0.717, 1.165) is 36.6 Å². The molecule has 0 bridgehead atoms. The van der Waals surface area contributed by atoms with Gasteiger partial charge in [0.05, 0.1) is 16.5 Å². The van der Waals surface area contributed by atoms with Crippen molar-refractivity contribution in [2.45, 2.75) is 12.8 Å². The zero-order valence-electron chi connectivity index (χ0n) is 11.9. The molecule has 2 heterocycles. The SMILES string of the molecule is CS(=O)(=O)NCC1CCN(c2nc3ccccc3s2)CC1. The third-order valence-electron chi connectivity index (χ3n) is 3.80. The van der Waals surface area contributed by atoms with Gasteiger partial charge in [-0.3, -0.25) is 0 Å². The van der Waals surface area contributed by atoms with Crippen LogP contribution >= 0.6 is 11.3 Å². The van der Waals surface area contributed by atoms with Crippen LogP contribution in [0.25, 0.3) is 10.2 Å². The molecule has 2 aromatic rings. The fourth-order valence-corrected chi connectivity index (χ4v) is 4.15. The summed E-state index contributed by atoms with van der Waals surface area (Å²) in [6, 6.07) is 8.18. The fourth-order valence-electron chi connectivity index (χ4n) is 2.59. The number of para-hydroxylation sites is 1. The van der Waals surface area contributed by atoms with E-state index < -0.39 is 10.0 Å². The molecular formula is C14H19N3O2S2. The third-order valence-corrected chi connectivity index (χ3v) is 5.59. The first-order valence-corrected chi connectivity index (χ1v) is 9.77. The number of thiazole rings is 1. The molecule has 0 aliphatic carbocycles. The molecule has 7 heteroatoms. The summed E-state index contributed by atoms with van der Waals surface area (Å²) in [5.41, 5.74) is 1.05. The minimum atomic E-state index is -3.08. The average Bonchev–Trinajstić information content (AvgIpc) is 2.89. The van der Waals surface area contributed by atoms with Crippen LogP contribution in [0.5, 0.6) is 0 Å². The van der Waals surface area contributed by atoms with E-state index in [-0.39, 0.29) is 0 Å². The van der Waals surface area contributed by atoms with Gasteiger partial charge in [0, 0.05) is 19.6 Å². The lowest BCUT2D eigenvalue weighted by Crippen LogP contribution is -2.38. The standard InChI is InChI=1S/C14H19N3O2S2/c1-21(18,19)15-10-11-6-8-17(9-7-11)14-16-12-4-2-3-5-13(12)20-14/h2-5,11,15H,6-10H2,1H3. The molecule has 1 aromatic heterocycles. The van der Waals surface area contributed by atoms with E-state index in [2.05, 4.69) is 20.7 Å². The maximum Gasteiger partial charge on any atom is 0.208 e. The number of hydrogen-bond acceptors (Lipinski definition) is 5. The quantitative estimate of drug-likeness (QED) is 0.935. The molecule has 1 aromatic carbocycles. The van der Waals surface area contributed by atoms with Gasteiger partial charge in [0.2, 0.25) is 10.0 Å². The molecule has 0 saturated carbocycles. The van der Waals surface area contributed by atoms with Crippen LogP contribution in [-0.4, -0.2) is 39.3 Å². The molecule has 114 valence electrons. The summed E-state index contributed by atoms with van der Waals surface area (Å²) in [6.07, 6.45) is 3.21. The van der Waals surface area contributed by atoms with Crippen LogP contribution in [-0.2, 0) is 10.0 Å². The molecule has 3 rings (SSSR count). The largest absolute Gasteiger partial charge is 0.348 e. The van der Waals surface area contributed by atoms with E-state index >= 15 is 0 Å². The number of nitrogens with one attached hydrogen (secondary N) is 1. The summed E-state index contributed by atoms with van der Waals surface area (Å²) < 4.78 is 26.1. The molecule has 1 saturated heterocycles. The van der Waals surface area contributed by atoms with Crippen molar-refractivity contribution in [2.75, 3.05) is 30.8 Å². The molecule has 1 fully saturated rings. The fraction of sp³-hybridized carbons (Fsp3) is 0.500. The van der Waals surface area contributed by atoms with Crippen molar-refractivity contribution in [3.63, 3.8) is 0 Å². The van der Waals surface area contributed by atoms with Crippen molar-refractivity contribution < 1.29 is 8.42 Å². The second-order valence-corrected chi connectivity index (χ2v) is 8.36. The van der Waals surface area contributed by atoms with Crippen LogP contribution < -0.4 is 9.62 Å². The van der Waals surface area contributed by atoms with Gasteiger partial charge in [0.1, 0.15) is 0 Å². The number of nitrogens with zero attached hydrogens (tertiary/aromatic N) is 2. The van der Waals surface area contributed by atoms with Crippen LogP contribution in [0.15, 0.2) is 24.3 Å². The van der Waals surface area contributed by atoms with E-state index in [1.165, 1.54) is 11.0 Å². The minimum Gasteiger partial charge on any atom is -0.348 e. The Labute approximate surface area is 129 Å². The first kappa shape index (κ1) is 14.7. The lowest BCUT2D eigenvalue weighted by molar-refractivity contribution is 0.402. The van der Waals surface area contributed by atoms with Crippen molar-refractivity contribution in [3.05, 3.63) is 24.3 Å². The second kappa shape index (κ2) is 5.90. The number of benzene rings is 1. The lowest BCUT2D eigenvalue weighted by Gasteiger charge is -2.31. The first-order valence-electron chi connectivity index (χ1n) is 7.06. The van der Waals surface area contributed by atoms with E-state index in [1.807, 2.05) is 18.2 Å². The normalized spacial score (nSPS) is 17.5. The second-order valence-electron chi connectivity index (χ2n) is 5.52.